The lowest BCUT2D eigenvalue weighted by molar-refractivity contribution is -0.117. The summed E-state index contributed by atoms with van der Waals surface area (Å²) in [5.74, 6) is -3.02. The quantitative estimate of drug-likeness (QED) is 0.215. The van der Waals surface area contributed by atoms with E-state index in [1.165, 1.54) is 0 Å². The number of rotatable bonds is 2. The van der Waals surface area contributed by atoms with Crippen LogP contribution in [0.15, 0.2) is 11.3 Å². The van der Waals surface area contributed by atoms with Gasteiger partial charge in [-0.05, 0) is 6.92 Å². The second-order valence-corrected chi connectivity index (χ2v) is 1.79. The molecule has 0 heterocycles. The first-order chi connectivity index (χ1) is 5.54. The highest BCUT2D eigenvalue weighted by Crippen LogP contribution is 2.05. The van der Waals surface area contributed by atoms with E-state index in [1.54, 1.807) is 0 Å². The van der Waals surface area contributed by atoms with E-state index < -0.39 is 23.1 Å². The maximum Gasteiger partial charge on any atom is 0.382 e. The van der Waals surface area contributed by atoms with Crippen molar-refractivity contribution in [1.29, 1.82) is 0 Å². The van der Waals surface area contributed by atoms with Crippen molar-refractivity contribution >= 4 is 11.8 Å². The minimum Gasteiger partial charge on any atom is -0.514 e. The summed E-state index contributed by atoms with van der Waals surface area (Å²) in [6, 6.07) is 0. The average molecular weight is 164 g/mol. The number of hydrogen-bond donors (Lipinski definition) is 1. The van der Waals surface area contributed by atoms with Crippen LogP contribution in [0.1, 0.15) is 6.92 Å². The SMILES string of the molecule is [C-]#[N+]C(=O)C(C(=O)[N+]#[C-])=C(C)O. The Morgan fingerprint density at radius 2 is 1.50 bits per heavy atom. The molecule has 60 valence electrons. The zero-order chi connectivity index (χ0) is 9.72. The van der Waals surface area contributed by atoms with E-state index >= 15 is 0 Å². The Labute approximate surface area is 68.6 Å². The molecule has 0 atom stereocenters. The molecule has 0 bridgehead atoms. The van der Waals surface area contributed by atoms with Gasteiger partial charge in [-0.2, -0.15) is 9.69 Å². The van der Waals surface area contributed by atoms with Gasteiger partial charge in [0, 0.05) is 0 Å². The zero-order valence-corrected chi connectivity index (χ0v) is 6.16. The van der Waals surface area contributed by atoms with E-state index in [2.05, 4.69) is 9.69 Å². The molecule has 0 aromatic rings. The van der Waals surface area contributed by atoms with Crippen molar-refractivity contribution in [3.63, 3.8) is 0 Å². The number of hydrogen-bond acceptors (Lipinski definition) is 3. The van der Waals surface area contributed by atoms with Crippen molar-refractivity contribution in [2.75, 3.05) is 0 Å². The second-order valence-electron chi connectivity index (χ2n) is 1.79. The van der Waals surface area contributed by atoms with Crippen LogP contribution in [0, 0.1) is 13.1 Å². The average Bonchev–Trinajstić information content (AvgIpc) is 2.03. The first-order valence-electron chi connectivity index (χ1n) is 2.78. The molecule has 12 heavy (non-hydrogen) atoms. The minimum absolute atomic E-state index is 0.600. The van der Waals surface area contributed by atoms with Crippen LogP contribution in [0.4, 0.5) is 0 Å². The third-order valence-electron chi connectivity index (χ3n) is 0.993. The van der Waals surface area contributed by atoms with Gasteiger partial charge in [-0.25, -0.2) is 0 Å². The highest BCUT2D eigenvalue weighted by Gasteiger charge is 2.20. The van der Waals surface area contributed by atoms with Crippen LogP contribution in [-0.4, -0.2) is 16.9 Å². The Morgan fingerprint density at radius 1 is 1.17 bits per heavy atom. The van der Waals surface area contributed by atoms with E-state index in [0.29, 0.717) is 0 Å². The van der Waals surface area contributed by atoms with Gasteiger partial charge in [-0.15, -0.1) is 0 Å². The molecule has 0 aliphatic heterocycles. The van der Waals surface area contributed by atoms with Crippen molar-refractivity contribution in [3.05, 3.63) is 34.2 Å². The van der Waals surface area contributed by atoms with Crippen molar-refractivity contribution in [1.82, 2.24) is 0 Å². The molecule has 0 saturated carbocycles. The maximum atomic E-state index is 10.6. The van der Waals surface area contributed by atoms with Gasteiger partial charge in [-0.3, -0.25) is 0 Å². The Morgan fingerprint density at radius 3 is 1.67 bits per heavy atom. The van der Waals surface area contributed by atoms with Crippen molar-refractivity contribution in [2.24, 2.45) is 0 Å². The lowest BCUT2D eigenvalue weighted by Crippen LogP contribution is -2.08. The zero-order valence-electron chi connectivity index (χ0n) is 6.16. The topological polar surface area (TPSA) is 63.1 Å². The van der Waals surface area contributed by atoms with Crippen LogP contribution in [0.25, 0.3) is 9.69 Å². The number of carbonyl (C=O) groups is 2. The summed E-state index contributed by atoms with van der Waals surface area (Å²) in [5, 5.41) is 8.77. The highest BCUT2D eigenvalue weighted by atomic mass is 16.3. The predicted octanol–water partition coefficient (Wildman–Crippen LogP) is 0.710. The molecule has 0 aromatic carbocycles. The van der Waals surface area contributed by atoms with E-state index in [9.17, 15) is 9.59 Å². The number of carbonyl (C=O) groups excluding carboxylic acids is 2. The van der Waals surface area contributed by atoms with Gasteiger partial charge in [0.15, 0.2) is 0 Å². The van der Waals surface area contributed by atoms with Crippen LogP contribution >= 0.6 is 0 Å². The molecule has 0 saturated heterocycles. The molecule has 0 rings (SSSR count). The summed E-state index contributed by atoms with van der Waals surface area (Å²) >= 11 is 0. The number of allylic oxidation sites excluding steroid dienone is 1. The summed E-state index contributed by atoms with van der Waals surface area (Å²) < 4.78 is 0. The molecule has 0 aliphatic rings. The lowest BCUT2D eigenvalue weighted by Gasteiger charge is -1.94. The molecule has 5 heteroatoms. The van der Waals surface area contributed by atoms with Gasteiger partial charge < -0.3 is 14.7 Å². The molecule has 2 amide bonds. The van der Waals surface area contributed by atoms with E-state index in [-0.39, 0.29) is 0 Å². The number of amides is 2. The van der Waals surface area contributed by atoms with Gasteiger partial charge in [0.25, 0.3) is 0 Å². The Bertz CT molecular complexity index is 309. The molecule has 0 spiro atoms. The summed E-state index contributed by atoms with van der Waals surface area (Å²) in [6.45, 7) is 13.6. The van der Waals surface area contributed by atoms with Gasteiger partial charge in [0.2, 0.25) is 0 Å². The van der Waals surface area contributed by atoms with Crippen LogP contribution in [0.3, 0.4) is 0 Å². The minimum atomic E-state index is -1.21. The largest absolute Gasteiger partial charge is 0.514 e. The first kappa shape index (κ1) is 9.86. The smallest absolute Gasteiger partial charge is 0.382 e. The van der Waals surface area contributed by atoms with Crippen LogP contribution in [0.2, 0.25) is 0 Å². The Hall–Kier alpha value is -2.14. The summed E-state index contributed by atoms with van der Waals surface area (Å²) in [6.07, 6.45) is 0. The van der Waals surface area contributed by atoms with Gasteiger partial charge in [-0.1, -0.05) is 0 Å². The fourth-order valence-electron chi connectivity index (χ4n) is 0.513. The van der Waals surface area contributed by atoms with Crippen molar-refractivity contribution in [3.8, 4) is 0 Å². The highest BCUT2D eigenvalue weighted by molar-refractivity contribution is 6.25. The molecule has 5 nitrogen and oxygen atoms in total. The molecule has 0 fully saturated rings. The normalized spacial score (nSPS) is 7.58. The summed E-state index contributed by atoms with van der Waals surface area (Å²) in [7, 11) is 0. The van der Waals surface area contributed by atoms with Crippen LogP contribution in [-0.2, 0) is 9.59 Å². The molecule has 0 aromatic heterocycles. The van der Waals surface area contributed by atoms with Gasteiger partial charge in [0.05, 0.1) is 18.9 Å². The molecule has 0 unspecified atom stereocenters. The van der Waals surface area contributed by atoms with E-state index in [1.807, 2.05) is 0 Å². The molecule has 0 radical (unpaired) electrons. The van der Waals surface area contributed by atoms with Gasteiger partial charge in [0.1, 0.15) is 5.57 Å². The first-order valence-corrected chi connectivity index (χ1v) is 2.78. The predicted molar refractivity (Wildman–Crippen MR) is 38.5 cm³/mol. The number of aliphatic hydroxyl groups is 1. The number of nitrogens with zero attached hydrogens (tertiary/aromatic N) is 2. The number of aliphatic hydroxyl groups excluding tert-OH is 1. The molecule has 0 aliphatic carbocycles. The third kappa shape index (κ3) is 1.93. The molecular formula is C7H4N2O3. The van der Waals surface area contributed by atoms with Crippen molar-refractivity contribution in [2.45, 2.75) is 6.92 Å². The van der Waals surface area contributed by atoms with Gasteiger partial charge >= 0.3 is 11.8 Å². The fraction of sp³-hybridized carbons (Fsp3) is 0.143. The molecule has 1 N–H and O–H groups in total. The Balaban J connectivity index is 5.17. The Kier molecular flexibility index (Phi) is 3.20. The summed E-state index contributed by atoms with van der Waals surface area (Å²) in [4.78, 5) is 26.1. The van der Waals surface area contributed by atoms with E-state index in [0.717, 1.165) is 6.92 Å². The fourth-order valence-corrected chi connectivity index (χ4v) is 0.513. The maximum absolute atomic E-state index is 10.6. The lowest BCUT2D eigenvalue weighted by atomic mass is 10.2. The second kappa shape index (κ2) is 3.89. The molecular weight excluding hydrogens is 160 g/mol. The third-order valence-corrected chi connectivity index (χ3v) is 0.993. The monoisotopic (exact) mass is 164 g/mol. The van der Waals surface area contributed by atoms with Crippen molar-refractivity contribution < 1.29 is 14.7 Å². The summed E-state index contributed by atoms with van der Waals surface area (Å²) in [5.41, 5.74) is -0.750. The van der Waals surface area contributed by atoms with E-state index in [4.69, 9.17) is 18.3 Å². The standard InChI is InChI=1S/C7H4N2O3/c1-4(10)5(6(11)8-2)7(12)9-3/h10H,1H3. The van der Waals surface area contributed by atoms with Crippen LogP contribution < -0.4 is 0 Å². The van der Waals surface area contributed by atoms with Crippen LogP contribution in [0.5, 0.6) is 0 Å².